The summed E-state index contributed by atoms with van der Waals surface area (Å²) in [6.07, 6.45) is 2.46. The third kappa shape index (κ3) is 3.06. The topological polar surface area (TPSA) is 66.0 Å². The first-order valence-corrected chi connectivity index (χ1v) is 5.57. The summed E-state index contributed by atoms with van der Waals surface area (Å²) in [7, 11) is 0. The molecule has 0 spiro atoms. The van der Waals surface area contributed by atoms with Crippen LogP contribution in [0, 0.1) is 0 Å². The van der Waals surface area contributed by atoms with E-state index in [4.69, 9.17) is 5.11 Å². The lowest BCUT2D eigenvalue weighted by Gasteiger charge is -2.05. The van der Waals surface area contributed by atoms with E-state index in [0.717, 1.165) is 18.0 Å². The highest BCUT2D eigenvalue weighted by atomic mass is 32.2. The molecule has 5 heteroatoms. The molecule has 0 fully saturated rings. The number of hydrogen-bond donors (Lipinski definition) is 2. The quantitative estimate of drug-likeness (QED) is 0.788. The Hall–Kier alpha value is -0.970. The Morgan fingerprint density at radius 1 is 1.79 bits per heavy atom. The van der Waals surface area contributed by atoms with Crippen molar-refractivity contribution in [3.63, 3.8) is 0 Å². The van der Waals surface area contributed by atoms with Crippen molar-refractivity contribution in [3.8, 4) is 0 Å². The predicted molar refractivity (Wildman–Crippen MR) is 56.6 cm³/mol. The molecule has 14 heavy (non-hydrogen) atoms. The van der Waals surface area contributed by atoms with Gasteiger partial charge in [0.1, 0.15) is 11.5 Å². The van der Waals surface area contributed by atoms with Crippen molar-refractivity contribution in [2.45, 2.75) is 31.3 Å². The molecule has 0 aliphatic carbocycles. The molecule has 78 valence electrons. The van der Waals surface area contributed by atoms with Crippen LogP contribution in [0.2, 0.25) is 0 Å². The molecule has 1 aromatic heterocycles. The van der Waals surface area contributed by atoms with Gasteiger partial charge in [-0.2, -0.15) is 11.8 Å². The molecule has 1 rings (SSSR count). The fourth-order valence-corrected chi connectivity index (χ4v) is 1.71. The fraction of sp³-hybridized carbons (Fsp3) is 0.556. The number of aromatic carboxylic acids is 1. The number of imidazole rings is 1. The van der Waals surface area contributed by atoms with Crippen molar-refractivity contribution >= 4 is 17.7 Å². The number of carboxylic acid groups (broad SMARTS) is 1. The number of aromatic nitrogens is 2. The van der Waals surface area contributed by atoms with Crippen LogP contribution in [0.5, 0.6) is 0 Å². The molecule has 2 N–H and O–H groups in total. The molecular formula is C9H14N2O2S. The van der Waals surface area contributed by atoms with Gasteiger partial charge in [0.05, 0.1) is 11.9 Å². The van der Waals surface area contributed by atoms with Gasteiger partial charge in [-0.15, -0.1) is 0 Å². The lowest BCUT2D eigenvalue weighted by Crippen LogP contribution is -1.97. The SMILES string of the molecule is CCC(C)SCc1ncc(C(=O)O)[nH]1. The van der Waals surface area contributed by atoms with Crippen LogP contribution in [0.1, 0.15) is 36.6 Å². The number of nitrogens with zero attached hydrogens (tertiary/aromatic N) is 1. The molecule has 1 atom stereocenters. The zero-order valence-corrected chi connectivity index (χ0v) is 9.10. The average molecular weight is 214 g/mol. The van der Waals surface area contributed by atoms with E-state index in [2.05, 4.69) is 23.8 Å². The number of carboxylic acids is 1. The van der Waals surface area contributed by atoms with E-state index in [0.29, 0.717) is 5.25 Å². The van der Waals surface area contributed by atoms with E-state index in [9.17, 15) is 4.79 Å². The maximum Gasteiger partial charge on any atom is 0.353 e. The number of H-pyrrole nitrogens is 1. The van der Waals surface area contributed by atoms with Crippen LogP contribution in [0.4, 0.5) is 0 Å². The summed E-state index contributed by atoms with van der Waals surface area (Å²) in [5, 5.41) is 9.22. The van der Waals surface area contributed by atoms with Crippen LogP contribution < -0.4 is 0 Å². The van der Waals surface area contributed by atoms with Gasteiger partial charge in [-0.1, -0.05) is 13.8 Å². The standard InChI is InChI=1S/C9H14N2O2S/c1-3-6(2)14-5-8-10-4-7(11-8)9(12)13/h4,6H,3,5H2,1-2H3,(H,10,11)(H,12,13). The Labute approximate surface area is 87.1 Å². The Morgan fingerprint density at radius 3 is 3.00 bits per heavy atom. The molecular weight excluding hydrogens is 200 g/mol. The second-order valence-electron chi connectivity index (χ2n) is 3.08. The third-order valence-corrected chi connectivity index (χ3v) is 3.28. The first-order chi connectivity index (χ1) is 6.63. The molecule has 0 aliphatic heterocycles. The van der Waals surface area contributed by atoms with Gasteiger partial charge in [0, 0.05) is 5.25 Å². The highest BCUT2D eigenvalue weighted by Crippen LogP contribution is 2.17. The number of rotatable bonds is 5. The van der Waals surface area contributed by atoms with Crippen LogP contribution in [0.25, 0.3) is 0 Å². The van der Waals surface area contributed by atoms with Gasteiger partial charge < -0.3 is 10.1 Å². The van der Waals surface area contributed by atoms with Gasteiger partial charge in [-0.25, -0.2) is 9.78 Å². The van der Waals surface area contributed by atoms with Crippen molar-refractivity contribution < 1.29 is 9.90 Å². The minimum absolute atomic E-state index is 0.157. The Morgan fingerprint density at radius 2 is 2.50 bits per heavy atom. The summed E-state index contributed by atoms with van der Waals surface area (Å²) in [6.45, 7) is 4.27. The normalized spacial score (nSPS) is 12.7. The average Bonchev–Trinajstić information content (AvgIpc) is 2.62. The van der Waals surface area contributed by atoms with Crippen LogP contribution in [0.15, 0.2) is 6.20 Å². The fourth-order valence-electron chi connectivity index (χ4n) is 0.884. The van der Waals surface area contributed by atoms with Crippen LogP contribution >= 0.6 is 11.8 Å². The van der Waals surface area contributed by atoms with Crippen molar-refractivity contribution in [3.05, 3.63) is 17.7 Å². The monoisotopic (exact) mass is 214 g/mol. The number of aromatic amines is 1. The highest BCUT2D eigenvalue weighted by molar-refractivity contribution is 7.99. The maximum atomic E-state index is 10.5. The Balaban J connectivity index is 2.48. The van der Waals surface area contributed by atoms with Crippen molar-refractivity contribution in [2.75, 3.05) is 0 Å². The second-order valence-corrected chi connectivity index (χ2v) is 4.51. The summed E-state index contributed by atoms with van der Waals surface area (Å²) in [4.78, 5) is 17.3. The van der Waals surface area contributed by atoms with Gasteiger partial charge in [-0.05, 0) is 6.42 Å². The molecule has 1 aromatic rings. The Bertz CT molecular complexity index is 312. The molecule has 1 unspecified atom stereocenters. The minimum Gasteiger partial charge on any atom is -0.477 e. The van der Waals surface area contributed by atoms with Gasteiger partial charge in [0.2, 0.25) is 0 Å². The van der Waals surface area contributed by atoms with E-state index in [-0.39, 0.29) is 5.69 Å². The smallest absolute Gasteiger partial charge is 0.353 e. The number of carbonyl (C=O) groups is 1. The summed E-state index contributed by atoms with van der Waals surface area (Å²) in [6, 6.07) is 0. The molecule has 0 amide bonds. The van der Waals surface area contributed by atoms with E-state index in [1.807, 2.05) is 0 Å². The summed E-state index contributed by atoms with van der Waals surface area (Å²) < 4.78 is 0. The maximum absolute atomic E-state index is 10.5. The molecule has 1 heterocycles. The van der Waals surface area contributed by atoms with Gasteiger partial charge in [0.15, 0.2) is 0 Å². The van der Waals surface area contributed by atoms with Crippen molar-refractivity contribution in [2.24, 2.45) is 0 Å². The van der Waals surface area contributed by atoms with Crippen molar-refractivity contribution in [1.29, 1.82) is 0 Å². The summed E-state index contributed by atoms with van der Waals surface area (Å²) >= 11 is 1.77. The van der Waals surface area contributed by atoms with E-state index in [1.54, 1.807) is 11.8 Å². The third-order valence-electron chi connectivity index (χ3n) is 1.94. The molecule has 0 aromatic carbocycles. The minimum atomic E-state index is -0.961. The molecule has 0 saturated carbocycles. The molecule has 4 nitrogen and oxygen atoms in total. The van der Waals surface area contributed by atoms with Crippen molar-refractivity contribution in [1.82, 2.24) is 9.97 Å². The van der Waals surface area contributed by atoms with Gasteiger partial charge in [0.25, 0.3) is 0 Å². The highest BCUT2D eigenvalue weighted by Gasteiger charge is 2.08. The summed E-state index contributed by atoms with van der Waals surface area (Å²) in [5.74, 6) is 0.507. The second kappa shape index (κ2) is 5.05. The molecule has 0 aliphatic rings. The first-order valence-electron chi connectivity index (χ1n) is 4.52. The largest absolute Gasteiger partial charge is 0.477 e. The van der Waals surface area contributed by atoms with Gasteiger partial charge in [-0.3, -0.25) is 0 Å². The predicted octanol–water partition coefficient (Wildman–Crippen LogP) is 2.14. The van der Waals surface area contributed by atoms with Crippen LogP contribution in [0.3, 0.4) is 0 Å². The number of thioether (sulfide) groups is 1. The molecule has 0 radical (unpaired) electrons. The molecule has 0 saturated heterocycles. The lowest BCUT2D eigenvalue weighted by atomic mass is 10.4. The number of nitrogens with one attached hydrogen (secondary N) is 1. The molecule has 0 bridgehead atoms. The Kier molecular flexibility index (Phi) is 4.00. The first kappa shape index (κ1) is 11.1. The van der Waals surface area contributed by atoms with E-state index < -0.39 is 5.97 Å². The zero-order valence-electron chi connectivity index (χ0n) is 8.28. The van der Waals surface area contributed by atoms with Crippen LogP contribution in [-0.4, -0.2) is 26.3 Å². The van der Waals surface area contributed by atoms with E-state index >= 15 is 0 Å². The summed E-state index contributed by atoms with van der Waals surface area (Å²) in [5.41, 5.74) is 0.157. The number of hydrogen-bond acceptors (Lipinski definition) is 3. The zero-order chi connectivity index (χ0) is 10.6. The van der Waals surface area contributed by atoms with E-state index in [1.165, 1.54) is 6.20 Å². The van der Waals surface area contributed by atoms with Crippen LogP contribution in [-0.2, 0) is 5.75 Å². The lowest BCUT2D eigenvalue weighted by molar-refractivity contribution is 0.0691. The van der Waals surface area contributed by atoms with Gasteiger partial charge >= 0.3 is 5.97 Å².